The van der Waals surface area contributed by atoms with E-state index >= 15 is 0 Å². The normalized spacial score (nSPS) is 9.93. The van der Waals surface area contributed by atoms with Crippen LogP contribution in [0.3, 0.4) is 0 Å². The summed E-state index contributed by atoms with van der Waals surface area (Å²) < 4.78 is 0. The molecule has 5 heteroatoms. The van der Waals surface area contributed by atoms with Crippen LogP contribution in [0.25, 0.3) is 0 Å². The number of carbonyl (C=O) groups excluding carboxylic acids is 1. The predicted molar refractivity (Wildman–Crippen MR) is 52.8 cm³/mol. The molecule has 0 N–H and O–H groups in total. The lowest BCUT2D eigenvalue weighted by atomic mass is 10.0. The summed E-state index contributed by atoms with van der Waals surface area (Å²) in [6.45, 7) is 3.02. The standard InChI is InChI=1S/C9H8ClNO3/c1-5-3-4-7(11(13)14)9(10)8(5)6(2)12/h3-4H,1-2H3. The third-order valence-electron chi connectivity index (χ3n) is 1.88. The second-order valence-electron chi connectivity index (χ2n) is 2.90. The van der Waals surface area contributed by atoms with Crippen LogP contribution in [0.2, 0.25) is 5.02 Å². The van der Waals surface area contributed by atoms with E-state index in [4.69, 9.17) is 11.6 Å². The van der Waals surface area contributed by atoms with E-state index in [0.717, 1.165) is 0 Å². The molecule has 0 saturated heterocycles. The van der Waals surface area contributed by atoms with Crippen LogP contribution in [0.5, 0.6) is 0 Å². The lowest BCUT2D eigenvalue weighted by Crippen LogP contribution is -2.00. The minimum absolute atomic E-state index is 0.0810. The van der Waals surface area contributed by atoms with Crippen molar-refractivity contribution < 1.29 is 9.72 Å². The van der Waals surface area contributed by atoms with Gasteiger partial charge in [0.15, 0.2) is 5.78 Å². The van der Waals surface area contributed by atoms with Crippen LogP contribution < -0.4 is 0 Å². The van der Waals surface area contributed by atoms with Gasteiger partial charge in [0.25, 0.3) is 5.69 Å². The summed E-state index contributed by atoms with van der Waals surface area (Å²) in [5.41, 5.74) is 0.636. The highest BCUT2D eigenvalue weighted by Gasteiger charge is 2.19. The van der Waals surface area contributed by atoms with Crippen LogP contribution in [-0.2, 0) is 0 Å². The lowest BCUT2D eigenvalue weighted by molar-refractivity contribution is -0.384. The number of hydrogen-bond acceptors (Lipinski definition) is 3. The smallest absolute Gasteiger partial charge is 0.288 e. The Morgan fingerprint density at radius 1 is 1.50 bits per heavy atom. The van der Waals surface area contributed by atoms with E-state index in [1.165, 1.54) is 19.1 Å². The van der Waals surface area contributed by atoms with E-state index in [0.29, 0.717) is 5.56 Å². The highest BCUT2D eigenvalue weighted by Crippen LogP contribution is 2.30. The first-order valence-electron chi connectivity index (χ1n) is 3.89. The molecule has 74 valence electrons. The number of carbonyl (C=O) groups is 1. The Morgan fingerprint density at radius 3 is 2.50 bits per heavy atom. The number of ketones is 1. The minimum atomic E-state index is -0.603. The van der Waals surface area contributed by atoms with E-state index in [2.05, 4.69) is 0 Å². The van der Waals surface area contributed by atoms with Crippen molar-refractivity contribution in [3.05, 3.63) is 38.4 Å². The van der Waals surface area contributed by atoms with Gasteiger partial charge in [0, 0.05) is 11.6 Å². The van der Waals surface area contributed by atoms with Crippen LogP contribution in [0.1, 0.15) is 22.8 Å². The van der Waals surface area contributed by atoms with Gasteiger partial charge in [0.1, 0.15) is 5.02 Å². The highest BCUT2D eigenvalue weighted by molar-refractivity contribution is 6.36. The molecule has 0 amide bonds. The first-order valence-corrected chi connectivity index (χ1v) is 4.27. The van der Waals surface area contributed by atoms with Gasteiger partial charge >= 0.3 is 0 Å². The quantitative estimate of drug-likeness (QED) is 0.431. The van der Waals surface area contributed by atoms with Crippen LogP contribution in [0.4, 0.5) is 5.69 Å². The van der Waals surface area contributed by atoms with E-state index in [1.54, 1.807) is 6.92 Å². The summed E-state index contributed by atoms with van der Waals surface area (Å²) in [6.07, 6.45) is 0. The molecule has 0 unspecified atom stereocenters. The Balaban J connectivity index is 3.49. The first-order chi connectivity index (χ1) is 6.45. The second-order valence-corrected chi connectivity index (χ2v) is 3.28. The van der Waals surface area contributed by atoms with Crippen LogP contribution >= 0.6 is 11.6 Å². The average Bonchev–Trinajstić information content (AvgIpc) is 2.02. The number of aryl methyl sites for hydroxylation is 1. The number of halogens is 1. The maximum absolute atomic E-state index is 11.2. The molecule has 1 aromatic carbocycles. The molecule has 1 aromatic rings. The summed E-state index contributed by atoms with van der Waals surface area (Å²) in [5.74, 6) is -0.267. The molecule has 0 aliphatic heterocycles. The van der Waals surface area contributed by atoms with E-state index < -0.39 is 4.92 Å². The Morgan fingerprint density at radius 2 is 2.07 bits per heavy atom. The van der Waals surface area contributed by atoms with Crippen molar-refractivity contribution in [3.63, 3.8) is 0 Å². The zero-order valence-electron chi connectivity index (χ0n) is 7.70. The van der Waals surface area contributed by atoms with Gasteiger partial charge < -0.3 is 0 Å². The fraction of sp³-hybridized carbons (Fsp3) is 0.222. The third-order valence-corrected chi connectivity index (χ3v) is 2.26. The summed E-state index contributed by atoms with van der Waals surface area (Å²) >= 11 is 5.74. The molecule has 0 radical (unpaired) electrons. The maximum Gasteiger partial charge on any atom is 0.288 e. The monoisotopic (exact) mass is 213 g/mol. The first kappa shape index (κ1) is 10.7. The number of rotatable bonds is 2. The molecule has 0 atom stereocenters. The SMILES string of the molecule is CC(=O)c1c(C)ccc([N+](=O)[O-])c1Cl. The molecule has 14 heavy (non-hydrogen) atoms. The van der Waals surface area contributed by atoms with Crippen molar-refractivity contribution in [1.29, 1.82) is 0 Å². The second kappa shape index (κ2) is 3.75. The molecule has 1 rings (SSSR count). The van der Waals surface area contributed by atoms with Gasteiger partial charge in [-0.1, -0.05) is 17.7 Å². The summed E-state index contributed by atoms with van der Waals surface area (Å²) in [4.78, 5) is 21.1. The molecule has 0 heterocycles. The highest BCUT2D eigenvalue weighted by atomic mass is 35.5. The minimum Gasteiger partial charge on any atom is -0.294 e. The van der Waals surface area contributed by atoms with Crippen LogP contribution in [-0.4, -0.2) is 10.7 Å². The predicted octanol–water partition coefficient (Wildman–Crippen LogP) is 2.76. The molecular formula is C9H8ClNO3. The van der Waals surface area contributed by atoms with Gasteiger partial charge in [-0.2, -0.15) is 0 Å². The third kappa shape index (κ3) is 1.75. The average molecular weight is 214 g/mol. The molecule has 0 bridgehead atoms. The molecular weight excluding hydrogens is 206 g/mol. The van der Waals surface area contributed by atoms with Crippen molar-refractivity contribution in [1.82, 2.24) is 0 Å². The summed E-state index contributed by atoms with van der Waals surface area (Å²) in [6, 6.07) is 2.81. The number of hydrogen-bond donors (Lipinski definition) is 0. The molecule has 0 spiro atoms. The van der Waals surface area contributed by atoms with Crippen molar-refractivity contribution in [2.75, 3.05) is 0 Å². The Hall–Kier alpha value is -1.42. The molecule has 0 fully saturated rings. The fourth-order valence-electron chi connectivity index (χ4n) is 1.23. The largest absolute Gasteiger partial charge is 0.294 e. The Bertz CT molecular complexity index is 415. The lowest BCUT2D eigenvalue weighted by Gasteiger charge is -2.04. The molecule has 4 nitrogen and oxygen atoms in total. The number of benzene rings is 1. The molecule has 0 saturated carbocycles. The van der Waals surface area contributed by atoms with Crippen molar-refractivity contribution in [2.45, 2.75) is 13.8 Å². The zero-order chi connectivity index (χ0) is 10.9. The fourth-order valence-corrected chi connectivity index (χ4v) is 1.65. The molecule has 0 aromatic heterocycles. The topological polar surface area (TPSA) is 60.2 Å². The van der Waals surface area contributed by atoms with Gasteiger partial charge in [0.2, 0.25) is 0 Å². The number of nitro groups is 1. The van der Waals surface area contributed by atoms with Crippen LogP contribution in [0.15, 0.2) is 12.1 Å². The Kier molecular flexibility index (Phi) is 2.86. The zero-order valence-corrected chi connectivity index (χ0v) is 8.46. The van der Waals surface area contributed by atoms with Gasteiger partial charge in [-0.3, -0.25) is 14.9 Å². The Labute approximate surface area is 85.6 Å². The summed E-state index contributed by atoms with van der Waals surface area (Å²) in [7, 11) is 0. The number of Topliss-reactive ketones (excluding diaryl/α,β-unsaturated/α-hetero) is 1. The number of nitro benzene ring substituents is 1. The molecule has 0 aliphatic carbocycles. The maximum atomic E-state index is 11.2. The number of nitrogens with zero attached hydrogens (tertiary/aromatic N) is 1. The van der Waals surface area contributed by atoms with Crippen molar-refractivity contribution in [3.8, 4) is 0 Å². The summed E-state index contributed by atoms with van der Waals surface area (Å²) in [5, 5.41) is 10.4. The van der Waals surface area contributed by atoms with Gasteiger partial charge in [-0.25, -0.2) is 0 Å². The van der Waals surface area contributed by atoms with E-state index in [-0.39, 0.29) is 22.1 Å². The van der Waals surface area contributed by atoms with E-state index in [1.807, 2.05) is 0 Å². The van der Waals surface area contributed by atoms with Gasteiger partial charge in [-0.05, 0) is 19.4 Å². The molecule has 0 aliphatic rings. The van der Waals surface area contributed by atoms with Gasteiger partial charge in [0.05, 0.1) is 4.92 Å². The van der Waals surface area contributed by atoms with Crippen molar-refractivity contribution in [2.24, 2.45) is 0 Å². The van der Waals surface area contributed by atoms with Crippen LogP contribution in [0, 0.1) is 17.0 Å². The van der Waals surface area contributed by atoms with Gasteiger partial charge in [-0.15, -0.1) is 0 Å². The van der Waals surface area contributed by atoms with E-state index in [9.17, 15) is 14.9 Å². The van der Waals surface area contributed by atoms with Crippen molar-refractivity contribution >= 4 is 23.1 Å².